The Morgan fingerprint density at radius 2 is 1.75 bits per heavy atom. The van der Waals surface area contributed by atoms with Crippen molar-refractivity contribution in [2.24, 2.45) is 11.1 Å². The monoisotopic (exact) mass is 295 g/mol. The summed E-state index contributed by atoms with van der Waals surface area (Å²) < 4.78 is 11.2. The maximum atomic E-state index is 5.61. The van der Waals surface area contributed by atoms with Crippen molar-refractivity contribution < 1.29 is 9.47 Å². The first-order chi connectivity index (χ1) is 9.37. The lowest BCUT2D eigenvalue weighted by molar-refractivity contribution is 0.0818. The van der Waals surface area contributed by atoms with E-state index in [0.29, 0.717) is 30.0 Å². The van der Waals surface area contributed by atoms with Gasteiger partial charge in [0.25, 0.3) is 0 Å². The minimum atomic E-state index is 0.320. The highest BCUT2D eigenvalue weighted by Gasteiger charge is 2.09. The first kappa shape index (κ1) is 16.9. The fraction of sp³-hybridized carbons (Fsp3) is 0.562. The summed E-state index contributed by atoms with van der Waals surface area (Å²) in [6.45, 7) is 8.59. The molecule has 0 heterocycles. The van der Waals surface area contributed by atoms with Gasteiger partial charge in [0.15, 0.2) is 0 Å². The summed E-state index contributed by atoms with van der Waals surface area (Å²) in [6, 6.07) is 7.83. The number of rotatable bonds is 8. The molecule has 112 valence electrons. The summed E-state index contributed by atoms with van der Waals surface area (Å²) in [5, 5.41) is 0. The van der Waals surface area contributed by atoms with Crippen LogP contribution in [0.4, 0.5) is 0 Å². The van der Waals surface area contributed by atoms with Crippen LogP contribution >= 0.6 is 12.2 Å². The van der Waals surface area contributed by atoms with Crippen molar-refractivity contribution in [1.82, 2.24) is 0 Å². The normalized spacial score (nSPS) is 11.3. The van der Waals surface area contributed by atoms with Crippen molar-refractivity contribution in [1.29, 1.82) is 0 Å². The molecule has 0 atom stereocenters. The van der Waals surface area contributed by atoms with Crippen molar-refractivity contribution in [3.63, 3.8) is 0 Å². The molecule has 0 bridgehead atoms. The zero-order valence-corrected chi connectivity index (χ0v) is 13.5. The second kappa shape index (κ2) is 8.22. The highest BCUT2D eigenvalue weighted by molar-refractivity contribution is 7.80. The number of thiocarbonyl (C=S) groups is 1. The SMILES string of the molecule is CC(C)(C)CCOCCOc1ccc(CC(N)=S)cc1. The largest absolute Gasteiger partial charge is 0.491 e. The van der Waals surface area contributed by atoms with Crippen LogP contribution in [0.25, 0.3) is 0 Å². The van der Waals surface area contributed by atoms with E-state index in [0.717, 1.165) is 24.3 Å². The van der Waals surface area contributed by atoms with Gasteiger partial charge in [0.05, 0.1) is 11.6 Å². The second-order valence-electron chi connectivity index (χ2n) is 6.06. The van der Waals surface area contributed by atoms with E-state index in [2.05, 4.69) is 20.8 Å². The zero-order chi connectivity index (χ0) is 15.0. The number of benzene rings is 1. The smallest absolute Gasteiger partial charge is 0.119 e. The van der Waals surface area contributed by atoms with Crippen molar-refractivity contribution in [3.05, 3.63) is 29.8 Å². The summed E-state index contributed by atoms with van der Waals surface area (Å²) in [6.07, 6.45) is 1.69. The molecule has 0 spiro atoms. The molecule has 0 saturated carbocycles. The molecule has 2 N–H and O–H groups in total. The molecular formula is C16H25NO2S. The van der Waals surface area contributed by atoms with Gasteiger partial charge in [0.2, 0.25) is 0 Å². The van der Waals surface area contributed by atoms with Gasteiger partial charge in [-0.15, -0.1) is 0 Å². The van der Waals surface area contributed by atoms with Gasteiger partial charge in [0.1, 0.15) is 12.4 Å². The van der Waals surface area contributed by atoms with Crippen LogP contribution in [0.15, 0.2) is 24.3 Å². The predicted molar refractivity (Wildman–Crippen MR) is 87.3 cm³/mol. The first-order valence-electron chi connectivity index (χ1n) is 6.94. The van der Waals surface area contributed by atoms with Crippen LogP contribution in [0.5, 0.6) is 5.75 Å². The standard InChI is InChI=1S/C16H25NO2S/c1-16(2,3)8-9-18-10-11-19-14-6-4-13(5-7-14)12-15(17)20/h4-7H,8-12H2,1-3H3,(H2,17,20). The Morgan fingerprint density at radius 1 is 1.10 bits per heavy atom. The van der Waals surface area contributed by atoms with Gasteiger partial charge in [-0.1, -0.05) is 45.1 Å². The van der Waals surface area contributed by atoms with E-state index in [4.69, 9.17) is 27.4 Å². The number of hydrogen-bond donors (Lipinski definition) is 1. The molecular weight excluding hydrogens is 270 g/mol. The molecule has 0 radical (unpaired) electrons. The summed E-state index contributed by atoms with van der Waals surface area (Å²) in [4.78, 5) is 0.505. The molecule has 1 rings (SSSR count). The van der Waals surface area contributed by atoms with E-state index in [-0.39, 0.29) is 0 Å². The van der Waals surface area contributed by atoms with Crippen LogP contribution in [-0.4, -0.2) is 24.8 Å². The summed E-state index contributed by atoms with van der Waals surface area (Å²) in [7, 11) is 0. The van der Waals surface area contributed by atoms with Gasteiger partial charge in [-0.3, -0.25) is 0 Å². The molecule has 0 saturated heterocycles. The number of ether oxygens (including phenoxy) is 2. The van der Waals surface area contributed by atoms with Crippen molar-refractivity contribution in [2.75, 3.05) is 19.8 Å². The molecule has 0 fully saturated rings. The zero-order valence-electron chi connectivity index (χ0n) is 12.6. The van der Waals surface area contributed by atoms with Crippen LogP contribution in [-0.2, 0) is 11.2 Å². The summed E-state index contributed by atoms with van der Waals surface area (Å²) in [5.74, 6) is 0.844. The molecule has 0 unspecified atom stereocenters. The summed E-state index contributed by atoms with van der Waals surface area (Å²) in [5.41, 5.74) is 6.93. The topological polar surface area (TPSA) is 44.5 Å². The fourth-order valence-corrected chi connectivity index (χ4v) is 1.77. The van der Waals surface area contributed by atoms with Crippen molar-refractivity contribution in [2.45, 2.75) is 33.6 Å². The van der Waals surface area contributed by atoms with Crippen molar-refractivity contribution in [3.8, 4) is 5.75 Å². The Labute approximate surface area is 127 Å². The van der Waals surface area contributed by atoms with Gasteiger partial charge in [0, 0.05) is 13.0 Å². The Balaban J connectivity index is 2.17. The van der Waals surface area contributed by atoms with Crippen LogP contribution in [0.2, 0.25) is 0 Å². The highest BCUT2D eigenvalue weighted by Crippen LogP contribution is 2.18. The lowest BCUT2D eigenvalue weighted by Crippen LogP contribution is -2.13. The molecule has 3 nitrogen and oxygen atoms in total. The van der Waals surface area contributed by atoms with Gasteiger partial charge in [-0.2, -0.15) is 0 Å². The van der Waals surface area contributed by atoms with Crippen molar-refractivity contribution >= 4 is 17.2 Å². The second-order valence-corrected chi connectivity index (χ2v) is 6.58. The highest BCUT2D eigenvalue weighted by atomic mass is 32.1. The third kappa shape index (κ3) is 8.12. The van der Waals surface area contributed by atoms with Crippen LogP contribution in [0, 0.1) is 5.41 Å². The third-order valence-corrected chi connectivity index (χ3v) is 2.94. The molecule has 1 aromatic carbocycles. The lowest BCUT2D eigenvalue weighted by atomic mass is 9.93. The molecule has 1 aromatic rings. The molecule has 0 amide bonds. The van der Waals surface area contributed by atoms with Crippen LogP contribution < -0.4 is 10.5 Å². The van der Waals surface area contributed by atoms with Gasteiger partial charge in [-0.05, 0) is 29.5 Å². The maximum Gasteiger partial charge on any atom is 0.119 e. The molecule has 0 aliphatic heterocycles. The van der Waals surface area contributed by atoms with E-state index >= 15 is 0 Å². The Bertz CT molecular complexity index is 409. The maximum absolute atomic E-state index is 5.61. The molecule has 0 aromatic heterocycles. The Hall–Kier alpha value is -1.13. The predicted octanol–water partition coefficient (Wildman–Crippen LogP) is 3.35. The average Bonchev–Trinajstić information content (AvgIpc) is 2.33. The first-order valence-corrected chi connectivity index (χ1v) is 7.35. The van der Waals surface area contributed by atoms with Crippen LogP contribution in [0.3, 0.4) is 0 Å². The van der Waals surface area contributed by atoms with Gasteiger partial charge in [-0.25, -0.2) is 0 Å². The van der Waals surface area contributed by atoms with E-state index in [9.17, 15) is 0 Å². The molecule has 20 heavy (non-hydrogen) atoms. The average molecular weight is 295 g/mol. The quantitative estimate of drug-likeness (QED) is 0.590. The minimum absolute atomic E-state index is 0.320. The molecule has 0 aliphatic rings. The van der Waals surface area contributed by atoms with Gasteiger partial charge < -0.3 is 15.2 Å². The molecule has 0 aliphatic carbocycles. The van der Waals surface area contributed by atoms with Gasteiger partial charge >= 0.3 is 0 Å². The Morgan fingerprint density at radius 3 is 2.30 bits per heavy atom. The number of nitrogens with two attached hydrogens (primary N) is 1. The van der Waals surface area contributed by atoms with E-state index < -0.39 is 0 Å². The number of hydrogen-bond acceptors (Lipinski definition) is 3. The van der Waals surface area contributed by atoms with Crippen LogP contribution in [0.1, 0.15) is 32.8 Å². The minimum Gasteiger partial charge on any atom is -0.491 e. The van der Waals surface area contributed by atoms with E-state index in [1.165, 1.54) is 0 Å². The lowest BCUT2D eigenvalue weighted by Gasteiger charge is -2.17. The van der Waals surface area contributed by atoms with E-state index in [1.54, 1.807) is 0 Å². The third-order valence-electron chi connectivity index (χ3n) is 2.79. The van der Waals surface area contributed by atoms with E-state index in [1.807, 2.05) is 24.3 Å². The Kier molecular flexibility index (Phi) is 6.96. The fourth-order valence-electron chi connectivity index (χ4n) is 1.60. The molecule has 4 heteroatoms. The summed E-state index contributed by atoms with van der Waals surface area (Å²) >= 11 is 4.88.